The van der Waals surface area contributed by atoms with Crippen LogP contribution < -0.4 is 5.32 Å². The van der Waals surface area contributed by atoms with Gasteiger partial charge in [-0.05, 0) is 57.1 Å². The van der Waals surface area contributed by atoms with Crippen molar-refractivity contribution in [3.05, 3.63) is 28.6 Å². The highest BCUT2D eigenvalue weighted by Crippen LogP contribution is 2.24. The lowest BCUT2D eigenvalue weighted by molar-refractivity contribution is -0.0615. The normalized spacial score (nSPS) is 21.3. The van der Waals surface area contributed by atoms with Gasteiger partial charge in [0, 0.05) is 18.2 Å². The molecule has 0 unspecified atom stereocenters. The molecule has 1 amide bonds. The molecule has 2 heterocycles. The molecule has 3 rings (SSSR count). The zero-order valence-electron chi connectivity index (χ0n) is 12.1. The molecule has 1 aromatic carbocycles. The molecule has 21 heavy (non-hydrogen) atoms. The topological polar surface area (TPSA) is 67.3 Å². The van der Waals surface area contributed by atoms with Crippen LogP contribution in [0.2, 0.25) is 0 Å². The van der Waals surface area contributed by atoms with Crippen LogP contribution in [-0.4, -0.2) is 29.1 Å². The van der Waals surface area contributed by atoms with Gasteiger partial charge in [0.05, 0.1) is 11.1 Å². The van der Waals surface area contributed by atoms with E-state index in [0.29, 0.717) is 22.6 Å². The Labute approximate surface area is 127 Å². The molecular weight excluding hydrogens is 288 g/mol. The third kappa shape index (κ3) is 3.16. The highest BCUT2D eigenvalue weighted by molar-refractivity contribution is 7.71. The minimum atomic E-state index is -0.185. The monoisotopic (exact) mass is 306 g/mol. The first-order chi connectivity index (χ1) is 9.93. The Morgan fingerprint density at radius 2 is 2.29 bits per heavy atom. The fourth-order valence-electron chi connectivity index (χ4n) is 2.72. The Hall–Kier alpha value is -1.66. The number of fused-ring (bicyclic) bond motifs is 1. The second kappa shape index (κ2) is 5.27. The third-order valence-corrected chi connectivity index (χ3v) is 3.90. The van der Waals surface area contributed by atoms with Crippen molar-refractivity contribution in [2.75, 3.05) is 6.61 Å². The Morgan fingerprint density at radius 1 is 1.48 bits per heavy atom. The maximum absolute atomic E-state index is 12.4. The molecule has 2 N–H and O–H groups in total. The van der Waals surface area contributed by atoms with Crippen molar-refractivity contribution in [3.8, 4) is 0 Å². The highest BCUT2D eigenvalue weighted by atomic mass is 32.1. The number of aromatic amines is 1. The fraction of sp³-hybridized carbons (Fsp3) is 0.467. The van der Waals surface area contributed by atoms with Crippen LogP contribution >= 0.6 is 12.2 Å². The van der Waals surface area contributed by atoms with Gasteiger partial charge in [-0.2, -0.15) is 0 Å². The van der Waals surface area contributed by atoms with Gasteiger partial charge in [0.25, 0.3) is 10.7 Å². The largest absolute Gasteiger partial charge is 0.429 e. The maximum atomic E-state index is 12.4. The van der Waals surface area contributed by atoms with Gasteiger partial charge in [-0.3, -0.25) is 4.79 Å². The minimum Gasteiger partial charge on any atom is -0.429 e. The molecule has 0 radical (unpaired) electrons. The molecule has 1 aliphatic heterocycles. The van der Waals surface area contributed by atoms with Crippen LogP contribution in [0.1, 0.15) is 37.0 Å². The quantitative estimate of drug-likeness (QED) is 0.836. The summed E-state index contributed by atoms with van der Waals surface area (Å²) in [6.07, 6.45) is 1.65. The van der Waals surface area contributed by atoms with Gasteiger partial charge in [-0.15, -0.1) is 0 Å². The van der Waals surface area contributed by atoms with Crippen molar-refractivity contribution in [1.82, 2.24) is 10.3 Å². The molecule has 2 aromatic rings. The van der Waals surface area contributed by atoms with Crippen LogP contribution in [0.3, 0.4) is 0 Å². The lowest BCUT2D eigenvalue weighted by Crippen LogP contribution is -2.45. The van der Waals surface area contributed by atoms with Crippen molar-refractivity contribution in [2.24, 2.45) is 0 Å². The van der Waals surface area contributed by atoms with E-state index in [1.165, 1.54) is 0 Å². The zero-order chi connectivity index (χ0) is 15.0. The van der Waals surface area contributed by atoms with Crippen molar-refractivity contribution in [1.29, 1.82) is 0 Å². The summed E-state index contributed by atoms with van der Waals surface area (Å²) in [5.74, 6) is -0.0832. The van der Waals surface area contributed by atoms with Gasteiger partial charge in [0.2, 0.25) is 0 Å². The number of aromatic nitrogens is 1. The molecule has 6 heteroatoms. The number of carbonyl (C=O) groups is 1. The number of oxazole rings is 1. The summed E-state index contributed by atoms with van der Waals surface area (Å²) in [5, 5.41) is 3.07. The Balaban J connectivity index is 1.75. The summed E-state index contributed by atoms with van der Waals surface area (Å²) >= 11 is 4.94. The second-order valence-corrected chi connectivity index (χ2v) is 6.37. The Morgan fingerprint density at radius 3 is 3.05 bits per heavy atom. The van der Waals surface area contributed by atoms with Crippen molar-refractivity contribution in [2.45, 2.75) is 38.3 Å². The lowest BCUT2D eigenvalue weighted by Gasteiger charge is -2.35. The number of H-pyrrole nitrogens is 1. The van der Waals surface area contributed by atoms with Gasteiger partial charge in [-0.1, -0.05) is 0 Å². The number of ether oxygens (including phenoxy) is 1. The highest BCUT2D eigenvalue weighted by Gasteiger charge is 2.29. The number of carbonyl (C=O) groups excluding carboxylic acids is 1. The van der Waals surface area contributed by atoms with E-state index >= 15 is 0 Å². The molecule has 0 spiro atoms. The molecule has 0 aliphatic carbocycles. The van der Waals surface area contributed by atoms with Crippen molar-refractivity contribution >= 4 is 29.2 Å². The van der Waals surface area contributed by atoms with E-state index in [9.17, 15) is 4.79 Å². The van der Waals surface area contributed by atoms with Crippen molar-refractivity contribution in [3.63, 3.8) is 0 Å². The number of nitrogens with one attached hydrogen (secondary N) is 2. The standard InChI is InChI=1S/C15H18N2O3S/c1-15(2)8-10(5-6-19-15)16-13(18)9-3-4-12-11(7-9)17-14(21)20-12/h3-4,7,10H,5-6,8H2,1-2H3,(H,16,18)(H,17,21)/t10-/m1/s1. The van der Waals surface area contributed by atoms with Gasteiger partial charge in [0.15, 0.2) is 5.58 Å². The number of benzene rings is 1. The van der Waals surface area contributed by atoms with E-state index in [4.69, 9.17) is 21.4 Å². The van der Waals surface area contributed by atoms with Gasteiger partial charge in [0.1, 0.15) is 0 Å². The summed E-state index contributed by atoms with van der Waals surface area (Å²) in [5.41, 5.74) is 1.80. The smallest absolute Gasteiger partial charge is 0.266 e. The summed E-state index contributed by atoms with van der Waals surface area (Å²) in [6.45, 7) is 4.76. The van der Waals surface area contributed by atoms with E-state index in [2.05, 4.69) is 10.3 Å². The molecule has 1 atom stereocenters. The third-order valence-electron chi connectivity index (χ3n) is 3.71. The average molecular weight is 306 g/mol. The minimum absolute atomic E-state index is 0.0832. The van der Waals surface area contributed by atoms with Crippen LogP contribution in [0.4, 0.5) is 0 Å². The summed E-state index contributed by atoms with van der Waals surface area (Å²) in [4.78, 5) is 15.6. The van der Waals surface area contributed by atoms with E-state index in [0.717, 1.165) is 18.4 Å². The number of hydrogen-bond donors (Lipinski definition) is 2. The molecule has 1 aliphatic rings. The van der Waals surface area contributed by atoms with Crippen molar-refractivity contribution < 1.29 is 13.9 Å². The predicted molar refractivity (Wildman–Crippen MR) is 81.9 cm³/mol. The first-order valence-corrected chi connectivity index (χ1v) is 7.41. The Kier molecular flexibility index (Phi) is 3.59. The van der Waals surface area contributed by atoms with Crippen LogP contribution in [0.15, 0.2) is 22.6 Å². The van der Waals surface area contributed by atoms with Gasteiger partial charge < -0.3 is 19.5 Å². The maximum Gasteiger partial charge on any atom is 0.266 e. The van der Waals surface area contributed by atoms with Crippen LogP contribution in [0.5, 0.6) is 0 Å². The predicted octanol–water partition coefficient (Wildman–Crippen LogP) is 3.18. The molecule has 1 fully saturated rings. The van der Waals surface area contributed by atoms with E-state index in [-0.39, 0.29) is 17.6 Å². The van der Waals surface area contributed by atoms with Gasteiger partial charge in [-0.25, -0.2) is 0 Å². The molecule has 1 saturated heterocycles. The Bertz CT molecular complexity index is 732. The molecule has 0 saturated carbocycles. The van der Waals surface area contributed by atoms with Gasteiger partial charge >= 0.3 is 0 Å². The molecular formula is C15H18N2O3S. The summed E-state index contributed by atoms with van der Waals surface area (Å²) in [6, 6.07) is 5.40. The number of hydrogen-bond acceptors (Lipinski definition) is 4. The number of amides is 1. The average Bonchev–Trinajstić information content (AvgIpc) is 2.76. The number of rotatable bonds is 2. The lowest BCUT2D eigenvalue weighted by atomic mass is 9.94. The van der Waals surface area contributed by atoms with Crippen LogP contribution in [0, 0.1) is 4.84 Å². The molecule has 1 aromatic heterocycles. The van der Waals surface area contributed by atoms with Crippen LogP contribution in [-0.2, 0) is 4.74 Å². The van der Waals surface area contributed by atoms with E-state index < -0.39 is 0 Å². The molecule has 5 nitrogen and oxygen atoms in total. The molecule has 112 valence electrons. The van der Waals surface area contributed by atoms with E-state index in [1.54, 1.807) is 18.2 Å². The first kappa shape index (κ1) is 14.3. The van der Waals surface area contributed by atoms with E-state index in [1.807, 2.05) is 13.8 Å². The first-order valence-electron chi connectivity index (χ1n) is 7.01. The summed E-state index contributed by atoms with van der Waals surface area (Å²) < 4.78 is 11.0. The summed E-state index contributed by atoms with van der Waals surface area (Å²) in [7, 11) is 0. The van der Waals surface area contributed by atoms with Crippen LogP contribution in [0.25, 0.3) is 11.1 Å². The molecule has 0 bridgehead atoms. The zero-order valence-corrected chi connectivity index (χ0v) is 12.9. The second-order valence-electron chi connectivity index (χ2n) is 6.00. The fourth-order valence-corrected chi connectivity index (χ4v) is 2.92. The SMILES string of the molecule is CC1(C)C[C@H](NC(=O)c2ccc3oc(=S)[nH]c3c2)CCO1.